The highest BCUT2D eigenvalue weighted by atomic mass is 79.9. The van der Waals surface area contributed by atoms with Crippen LogP contribution in [0.1, 0.15) is 11.5 Å². The Labute approximate surface area is 72.1 Å². The van der Waals surface area contributed by atoms with Gasteiger partial charge in [0.05, 0.1) is 11.9 Å². The Morgan fingerprint density at radius 1 is 1.64 bits per heavy atom. The minimum absolute atomic E-state index is 0.576. The summed E-state index contributed by atoms with van der Waals surface area (Å²) in [6.45, 7) is 1.76. The zero-order chi connectivity index (χ0) is 8.27. The highest BCUT2D eigenvalue weighted by Crippen LogP contribution is 2.05. The molecule has 0 aromatic carbocycles. The van der Waals surface area contributed by atoms with Crippen molar-refractivity contribution in [3.8, 4) is 0 Å². The van der Waals surface area contributed by atoms with Crippen molar-refractivity contribution in [1.82, 2.24) is 9.97 Å². The van der Waals surface area contributed by atoms with Crippen LogP contribution in [0.3, 0.4) is 0 Å². The Bertz CT molecular complexity index is 267. The summed E-state index contributed by atoms with van der Waals surface area (Å²) in [7, 11) is 0. The van der Waals surface area contributed by atoms with E-state index in [1.165, 1.54) is 6.21 Å². The fraction of sp³-hybridized carbons (Fsp3) is 0.167. The van der Waals surface area contributed by atoms with E-state index < -0.39 is 0 Å². The van der Waals surface area contributed by atoms with Gasteiger partial charge in [-0.3, -0.25) is 0 Å². The van der Waals surface area contributed by atoms with Crippen LogP contribution in [0.4, 0.5) is 0 Å². The second-order valence-corrected chi connectivity index (χ2v) is 2.72. The first-order valence-electron chi connectivity index (χ1n) is 2.91. The van der Waals surface area contributed by atoms with Gasteiger partial charge in [-0.1, -0.05) is 5.16 Å². The number of oxime groups is 1. The van der Waals surface area contributed by atoms with Gasteiger partial charge in [-0.15, -0.1) is 0 Å². The molecule has 1 heterocycles. The molecule has 0 aliphatic rings. The second-order valence-electron chi connectivity index (χ2n) is 1.91. The molecule has 0 spiro atoms. The summed E-state index contributed by atoms with van der Waals surface area (Å²) in [5.74, 6) is 0.634. The van der Waals surface area contributed by atoms with Crippen LogP contribution < -0.4 is 0 Å². The van der Waals surface area contributed by atoms with E-state index in [1.54, 1.807) is 13.0 Å². The lowest BCUT2D eigenvalue weighted by atomic mass is 10.4. The highest BCUT2D eigenvalue weighted by Gasteiger charge is 1.95. The van der Waals surface area contributed by atoms with Crippen LogP contribution in [0, 0.1) is 6.92 Å². The van der Waals surface area contributed by atoms with Crippen LogP contribution in [0.25, 0.3) is 0 Å². The molecule has 58 valence electrons. The summed E-state index contributed by atoms with van der Waals surface area (Å²) in [5, 5.41) is 11.0. The van der Waals surface area contributed by atoms with Gasteiger partial charge in [-0.2, -0.15) is 0 Å². The summed E-state index contributed by atoms with van der Waals surface area (Å²) in [4.78, 5) is 7.95. The van der Waals surface area contributed by atoms with Crippen molar-refractivity contribution in [2.75, 3.05) is 0 Å². The third-order valence-corrected chi connectivity index (χ3v) is 1.42. The molecule has 4 nitrogen and oxygen atoms in total. The topological polar surface area (TPSA) is 58.4 Å². The smallest absolute Gasteiger partial charge is 0.127 e. The van der Waals surface area contributed by atoms with Gasteiger partial charge in [-0.05, 0) is 28.9 Å². The first-order valence-corrected chi connectivity index (χ1v) is 3.70. The van der Waals surface area contributed by atoms with Gasteiger partial charge in [0.2, 0.25) is 0 Å². The first kappa shape index (κ1) is 8.13. The quantitative estimate of drug-likeness (QED) is 0.333. The predicted octanol–water partition coefficient (Wildman–Crippen LogP) is 1.36. The molecule has 0 atom stereocenters. The zero-order valence-electron chi connectivity index (χ0n) is 5.82. The van der Waals surface area contributed by atoms with Crippen molar-refractivity contribution in [3.63, 3.8) is 0 Å². The first-order chi connectivity index (χ1) is 5.22. The Hall–Kier alpha value is -0.970. The largest absolute Gasteiger partial charge is 0.411 e. The van der Waals surface area contributed by atoms with E-state index in [-0.39, 0.29) is 0 Å². The second kappa shape index (κ2) is 3.43. The fourth-order valence-corrected chi connectivity index (χ4v) is 1.17. The average Bonchev–Trinajstić information content (AvgIpc) is 1.85. The van der Waals surface area contributed by atoms with Gasteiger partial charge in [0.15, 0.2) is 0 Å². The van der Waals surface area contributed by atoms with Crippen LogP contribution in [0.5, 0.6) is 0 Å². The van der Waals surface area contributed by atoms with Gasteiger partial charge in [0.1, 0.15) is 10.4 Å². The molecule has 0 amide bonds. The number of nitrogens with zero attached hydrogens (tertiary/aromatic N) is 3. The van der Waals surface area contributed by atoms with E-state index in [4.69, 9.17) is 5.21 Å². The van der Waals surface area contributed by atoms with Crippen molar-refractivity contribution in [1.29, 1.82) is 0 Å². The number of hydrogen-bond acceptors (Lipinski definition) is 4. The summed E-state index contributed by atoms with van der Waals surface area (Å²) in [6.07, 6.45) is 1.25. The standard InChI is InChI=1S/C6H6BrN3O/c1-4-9-5(3-8-11)2-6(7)10-4/h2-3,11H,1H3/b8-3-. The monoisotopic (exact) mass is 215 g/mol. The molecule has 0 radical (unpaired) electrons. The van der Waals surface area contributed by atoms with Crippen molar-refractivity contribution in [2.24, 2.45) is 5.16 Å². The van der Waals surface area contributed by atoms with Crippen molar-refractivity contribution >= 4 is 22.1 Å². The van der Waals surface area contributed by atoms with Crippen LogP contribution in [0.15, 0.2) is 15.8 Å². The molecule has 0 saturated carbocycles. The molecule has 1 aromatic rings. The summed E-state index contributed by atoms with van der Waals surface area (Å²) < 4.78 is 0.680. The number of aryl methyl sites for hydroxylation is 1. The Kier molecular flexibility index (Phi) is 2.53. The van der Waals surface area contributed by atoms with E-state index in [0.717, 1.165) is 0 Å². The van der Waals surface area contributed by atoms with Crippen molar-refractivity contribution in [2.45, 2.75) is 6.92 Å². The molecule has 1 rings (SSSR count). The molecule has 0 aliphatic carbocycles. The van der Waals surface area contributed by atoms with E-state index in [2.05, 4.69) is 31.1 Å². The van der Waals surface area contributed by atoms with E-state index >= 15 is 0 Å². The number of aromatic nitrogens is 2. The molecule has 0 fully saturated rings. The summed E-state index contributed by atoms with van der Waals surface area (Å²) >= 11 is 3.19. The van der Waals surface area contributed by atoms with Crippen LogP contribution >= 0.6 is 15.9 Å². The van der Waals surface area contributed by atoms with Crippen LogP contribution in [-0.4, -0.2) is 21.4 Å². The van der Waals surface area contributed by atoms with Gasteiger partial charge in [-0.25, -0.2) is 9.97 Å². The number of halogens is 1. The maximum atomic E-state index is 8.20. The molecule has 0 saturated heterocycles. The molecular weight excluding hydrogens is 210 g/mol. The minimum atomic E-state index is 0.576. The Morgan fingerprint density at radius 3 is 2.91 bits per heavy atom. The Morgan fingerprint density at radius 2 is 2.36 bits per heavy atom. The maximum absolute atomic E-state index is 8.20. The minimum Gasteiger partial charge on any atom is -0.411 e. The predicted molar refractivity (Wildman–Crippen MR) is 43.8 cm³/mol. The van der Waals surface area contributed by atoms with Gasteiger partial charge < -0.3 is 5.21 Å². The molecule has 11 heavy (non-hydrogen) atoms. The van der Waals surface area contributed by atoms with Crippen LogP contribution in [-0.2, 0) is 0 Å². The van der Waals surface area contributed by atoms with Crippen molar-refractivity contribution in [3.05, 3.63) is 22.2 Å². The molecule has 0 aliphatic heterocycles. The summed E-state index contributed by atoms with van der Waals surface area (Å²) in [5.41, 5.74) is 0.576. The van der Waals surface area contributed by atoms with E-state index in [0.29, 0.717) is 16.1 Å². The van der Waals surface area contributed by atoms with E-state index in [1.807, 2.05) is 0 Å². The maximum Gasteiger partial charge on any atom is 0.127 e. The molecular formula is C6H6BrN3O. The lowest BCUT2D eigenvalue weighted by Gasteiger charge is -1.94. The van der Waals surface area contributed by atoms with Crippen molar-refractivity contribution < 1.29 is 5.21 Å². The third kappa shape index (κ3) is 2.27. The number of rotatable bonds is 1. The lowest BCUT2D eigenvalue weighted by molar-refractivity contribution is 0.321. The summed E-state index contributed by atoms with van der Waals surface area (Å²) in [6, 6.07) is 1.66. The molecule has 5 heteroatoms. The van der Waals surface area contributed by atoms with E-state index in [9.17, 15) is 0 Å². The molecule has 0 bridgehead atoms. The normalized spacial score (nSPS) is 10.7. The average molecular weight is 216 g/mol. The third-order valence-electron chi connectivity index (χ3n) is 1.02. The highest BCUT2D eigenvalue weighted by molar-refractivity contribution is 9.10. The van der Waals surface area contributed by atoms with Gasteiger partial charge >= 0.3 is 0 Å². The Balaban J connectivity index is 3.08. The fourth-order valence-electron chi connectivity index (χ4n) is 0.678. The lowest BCUT2D eigenvalue weighted by Crippen LogP contribution is -1.94. The molecule has 0 unspecified atom stereocenters. The molecule has 1 N–H and O–H groups in total. The van der Waals surface area contributed by atoms with Gasteiger partial charge in [0.25, 0.3) is 0 Å². The van der Waals surface area contributed by atoms with Gasteiger partial charge in [0, 0.05) is 0 Å². The van der Waals surface area contributed by atoms with Crippen LogP contribution in [0.2, 0.25) is 0 Å². The SMILES string of the molecule is Cc1nc(Br)cc(/C=N\O)n1. The zero-order valence-corrected chi connectivity index (χ0v) is 7.41. The molecule has 1 aromatic heterocycles. The number of hydrogen-bond donors (Lipinski definition) is 1.